The van der Waals surface area contributed by atoms with Gasteiger partial charge in [-0.1, -0.05) is 128 Å². The maximum absolute atomic E-state index is 14.4. The van der Waals surface area contributed by atoms with Gasteiger partial charge in [0.15, 0.2) is 0 Å². The molecule has 1 N–H and O–H groups in total. The lowest BCUT2D eigenvalue weighted by atomic mass is 9.94. The van der Waals surface area contributed by atoms with E-state index in [-0.39, 0.29) is 12.1 Å². The molecule has 50 heavy (non-hydrogen) atoms. The predicted octanol–water partition coefficient (Wildman–Crippen LogP) is 8.27. The van der Waals surface area contributed by atoms with Crippen LogP contribution in [0.1, 0.15) is 70.2 Å². The molecule has 1 aliphatic heterocycles. The first-order valence-corrected chi connectivity index (χ1v) is 18.0. The number of carbonyl (C=O) groups is 1. The zero-order chi connectivity index (χ0) is 35.7. The number of aliphatic hydroxyl groups is 1. The Morgan fingerprint density at radius 3 is 1.44 bits per heavy atom. The van der Waals surface area contributed by atoms with E-state index in [0.717, 1.165) is 22.3 Å². The van der Waals surface area contributed by atoms with Gasteiger partial charge in [-0.2, -0.15) is 0 Å². The molecule has 1 fully saturated rings. The molecule has 0 aliphatic carbocycles. The van der Waals surface area contributed by atoms with Gasteiger partial charge in [0.05, 0.1) is 12.1 Å². The summed E-state index contributed by atoms with van der Waals surface area (Å²) in [6.45, 7) is 14.9. The lowest BCUT2D eigenvalue weighted by Crippen LogP contribution is -2.59. The fraction of sp³-hybridized carbons (Fsp3) is 0.419. The lowest BCUT2D eigenvalue weighted by Gasteiger charge is -2.44. The van der Waals surface area contributed by atoms with Crippen molar-refractivity contribution in [2.45, 2.75) is 110 Å². The second-order valence-electron chi connectivity index (χ2n) is 14.7. The van der Waals surface area contributed by atoms with Crippen LogP contribution in [0, 0.1) is 0 Å². The van der Waals surface area contributed by atoms with E-state index in [1.54, 1.807) is 4.90 Å². The van der Waals surface area contributed by atoms with Crippen LogP contribution in [0.4, 0.5) is 4.79 Å². The molecule has 266 valence electrons. The Morgan fingerprint density at radius 2 is 1.10 bits per heavy atom. The van der Waals surface area contributed by atoms with Gasteiger partial charge in [-0.3, -0.25) is 14.7 Å². The third kappa shape index (κ3) is 9.40. The van der Waals surface area contributed by atoms with E-state index >= 15 is 0 Å². The predicted molar refractivity (Wildman–Crippen MR) is 200 cm³/mol. The van der Waals surface area contributed by atoms with Crippen LogP contribution in [0.5, 0.6) is 0 Å². The van der Waals surface area contributed by atoms with Crippen molar-refractivity contribution in [2.24, 2.45) is 0 Å². The summed E-state index contributed by atoms with van der Waals surface area (Å²) < 4.78 is 12.7. The number of amides is 1. The highest BCUT2D eigenvalue weighted by Gasteiger charge is 2.51. The molecule has 7 heteroatoms. The summed E-state index contributed by atoms with van der Waals surface area (Å²) in [5.41, 5.74) is 3.17. The largest absolute Gasteiger partial charge is 0.442 e. The topological polar surface area (TPSA) is 65.5 Å². The number of rotatable bonds is 15. The highest BCUT2D eigenvalue weighted by molar-refractivity contribution is 5.70. The second-order valence-corrected chi connectivity index (χ2v) is 14.7. The summed E-state index contributed by atoms with van der Waals surface area (Å²) in [7, 11) is 0. The molecule has 0 radical (unpaired) electrons. The van der Waals surface area contributed by atoms with E-state index in [9.17, 15) is 9.90 Å². The molecule has 4 atom stereocenters. The molecule has 0 saturated carbocycles. The number of carbonyl (C=O) groups excluding carboxylic acids is 1. The Kier molecular flexibility index (Phi) is 12.5. The van der Waals surface area contributed by atoms with Crippen molar-refractivity contribution >= 4 is 6.09 Å². The first-order chi connectivity index (χ1) is 24.0. The quantitative estimate of drug-likeness (QED) is 0.137. The van der Waals surface area contributed by atoms with Crippen LogP contribution >= 0.6 is 0 Å². The van der Waals surface area contributed by atoms with Gasteiger partial charge in [-0.15, -0.1) is 0 Å². The molecule has 0 spiro atoms. The minimum absolute atomic E-state index is 0.304. The Bertz CT molecular complexity index is 1500. The van der Waals surface area contributed by atoms with Crippen molar-refractivity contribution in [2.75, 3.05) is 6.61 Å². The SMILES string of the molecule is CC[C@H]([C@@H](OC(=O)N1C(C)(C)COC1(C)C)[C@H](O)[C@H](C)N(Cc1ccccc1)Cc1ccccc1)N(Cc1ccccc1)Cc1ccccc1. The van der Waals surface area contributed by atoms with Gasteiger partial charge >= 0.3 is 6.09 Å². The smallest absolute Gasteiger partial charge is 0.413 e. The molecule has 4 aromatic rings. The first kappa shape index (κ1) is 37.3. The molecule has 1 heterocycles. The molecule has 1 aliphatic rings. The van der Waals surface area contributed by atoms with Crippen molar-refractivity contribution in [1.29, 1.82) is 0 Å². The maximum Gasteiger partial charge on any atom is 0.413 e. The second kappa shape index (κ2) is 16.8. The first-order valence-electron chi connectivity index (χ1n) is 18.0. The van der Waals surface area contributed by atoms with Crippen LogP contribution in [0.2, 0.25) is 0 Å². The zero-order valence-corrected chi connectivity index (χ0v) is 30.6. The van der Waals surface area contributed by atoms with Crippen LogP contribution in [-0.2, 0) is 35.7 Å². The van der Waals surface area contributed by atoms with Crippen LogP contribution < -0.4 is 0 Å². The van der Waals surface area contributed by atoms with Gasteiger partial charge in [0.1, 0.15) is 17.9 Å². The molecule has 4 aromatic carbocycles. The van der Waals surface area contributed by atoms with Crippen LogP contribution in [0.25, 0.3) is 0 Å². The average molecular weight is 678 g/mol. The number of hydrogen-bond acceptors (Lipinski definition) is 6. The number of nitrogens with zero attached hydrogens (tertiary/aromatic N) is 3. The van der Waals surface area contributed by atoms with E-state index in [1.165, 1.54) is 0 Å². The third-order valence-corrected chi connectivity index (χ3v) is 9.93. The van der Waals surface area contributed by atoms with Crippen LogP contribution in [0.3, 0.4) is 0 Å². The monoisotopic (exact) mass is 677 g/mol. The van der Waals surface area contributed by atoms with Crippen molar-refractivity contribution in [3.05, 3.63) is 144 Å². The summed E-state index contributed by atoms with van der Waals surface area (Å²) >= 11 is 0. The van der Waals surface area contributed by atoms with Crippen molar-refractivity contribution in [1.82, 2.24) is 14.7 Å². The zero-order valence-electron chi connectivity index (χ0n) is 30.6. The Balaban J connectivity index is 1.54. The number of benzene rings is 4. The Morgan fingerprint density at radius 1 is 0.720 bits per heavy atom. The van der Waals surface area contributed by atoms with Crippen molar-refractivity contribution < 1.29 is 19.4 Å². The summed E-state index contributed by atoms with van der Waals surface area (Å²) in [4.78, 5) is 20.7. The van der Waals surface area contributed by atoms with E-state index in [1.807, 2.05) is 100 Å². The Labute approximate surface area is 299 Å². The van der Waals surface area contributed by atoms with Gasteiger partial charge < -0.3 is 14.6 Å². The van der Waals surface area contributed by atoms with Gasteiger partial charge in [-0.25, -0.2) is 4.79 Å². The molecular weight excluding hydrogens is 622 g/mol. The van der Waals surface area contributed by atoms with Crippen molar-refractivity contribution in [3.8, 4) is 0 Å². The molecule has 1 saturated heterocycles. The summed E-state index contributed by atoms with van der Waals surface area (Å²) in [6.07, 6.45) is -1.69. The fourth-order valence-corrected chi connectivity index (χ4v) is 7.32. The number of hydrogen-bond donors (Lipinski definition) is 1. The van der Waals surface area contributed by atoms with E-state index in [4.69, 9.17) is 9.47 Å². The lowest BCUT2D eigenvalue weighted by molar-refractivity contribution is -0.108. The molecule has 0 aromatic heterocycles. The molecule has 0 bridgehead atoms. The van der Waals surface area contributed by atoms with Gasteiger partial charge in [-0.05, 0) is 63.3 Å². The summed E-state index contributed by atoms with van der Waals surface area (Å²) in [6, 6.07) is 40.7. The molecule has 7 nitrogen and oxygen atoms in total. The van der Waals surface area contributed by atoms with E-state index in [0.29, 0.717) is 39.2 Å². The Hall–Kier alpha value is -4.01. The third-order valence-electron chi connectivity index (χ3n) is 9.93. The fourth-order valence-electron chi connectivity index (χ4n) is 7.32. The molecule has 1 amide bonds. The maximum atomic E-state index is 14.4. The molecular formula is C43H55N3O4. The number of aliphatic hydroxyl groups excluding tert-OH is 1. The van der Waals surface area contributed by atoms with E-state index in [2.05, 4.69) is 72.2 Å². The van der Waals surface area contributed by atoms with Crippen molar-refractivity contribution in [3.63, 3.8) is 0 Å². The molecule has 0 unspecified atom stereocenters. The van der Waals surface area contributed by atoms with Crippen LogP contribution in [0.15, 0.2) is 121 Å². The normalized spacial score (nSPS) is 17.7. The highest BCUT2D eigenvalue weighted by atomic mass is 16.6. The summed E-state index contributed by atoms with van der Waals surface area (Å²) in [5, 5.41) is 12.6. The minimum Gasteiger partial charge on any atom is -0.442 e. The van der Waals surface area contributed by atoms with Crippen LogP contribution in [-0.4, -0.2) is 68.1 Å². The standard InChI is InChI=1S/C43H55N3O4/c1-7-38(45(30-36-24-16-10-17-25-36)31-37-26-18-11-19-27-37)40(50-41(48)46-42(3,4)32-49-43(46,5)6)39(47)33(2)44(28-34-20-12-8-13-21-34)29-35-22-14-9-15-23-35/h8-27,33,38-40,47H,7,28-32H2,1-6H3/t33-,38+,39+,40+/m0/s1. The summed E-state index contributed by atoms with van der Waals surface area (Å²) in [5.74, 6) is 0. The van der Waals surface area contributed by atoms with Gasteiger partial charge in [0, 0.05) is 38.3 Å². The number of ether oxygens (including phenoxy) is 2. The van der Waals surface area contributed by atoms with Gasteiger partial charge in [0.2, 0.25) is 0 Å². The van der Waals surface area contributed by atoms with E-state index < -0.39 is 29.6 Å². The highest BCUT2D eigenvalue weighted by Crippen LogP contribution is 2.36. The minimum atomic E-state index is -1.01. The average Bonchev–Trinajstić information content (AvgIpc) is 3.35. The molecule has 5 rings (SSSR count). The van der Waals surface area contributed by atoms with Gasteiger partial charge in [0.25, 0.3) is 0 Å².